The fourth-order valence-corrected chi connectivity index (χ4v) is 0.594. The van der Waals surface area contributed by atoms with Crippen LogP contribution < -0.4 is 5.73 Å². The van der Waals surface area contributed by atoms with Gasteiger partial charge in [0.2, 0.25) is 12.3 Å². The molecule has 4 heteroatoms. The Balaban J connectivity index is 3.80. The van der Waals surface area contributed by atoms with Crippen molar-refractivity contribution < 1.29 is 9.59 Å². The van der Waals surface area contributed by atoms with Crippen LogP contribution in [0.2, 0.25) is 0 Å². The van der Waals surface area contributed by atoms with Crippen molar-refractivity contribution >= 4 is 12.3 Å². The Kier molecular flexibility index (Phi) is 4.49. The van der Waals surface area contributed by atoms with Crippen molar-refractivity contribution in [1.82, 2.24) is 4.90 Å². The minimum atomic E-state index is -0.322. The summed E-state index contributed by atoms with van der Waals surface area (Å²) >= 11 is 0. The monoisotopic (exact) mass is 144 g/mol. The highest BCUT2D eigenvalue weighted by Gasteiger charge is 2.07. The van der Waals surface area contributed by atoms with E-state index in [1.807, 2.05) is 6.92 Å². The molecular formula is C6H12N2O2. The number of nitrogens with zero attached hydrogens (tertiary/aromatic N) is 1. The summed E-state index contributed by atoms with van der Waals surface area (Å²) in [4.78, 5) is 21.9. The Hall–Kier alpha value is -0.900. The maximum absolute atomic E-state index is 10.7. The molecule has 0 aliphatic rings. The van der Waals surface area contributed by atoms with Gasteiger partial charge in [-0.1, -0.05) is 6.92 Å². The molecule has 0 spiro atoms. The maximum Gasteiger partial charge on any atom is 0.242 e. The van der Waals surface area contributed by atoms with Gasteiger partial charge in [-0.15, -0.1) is 0 Å². The number of hydrogen-bond donors (Lipinski definition) is 1. The first kappa shape index (κ1) is 9.10. The lowest BCUT2D eigenvalue weighted by molar-refractivity contribution is -0.137. The van der Waals surface area contributed by atoms with Gasteiger partial charge in [0.15, 0.2) is 0 Å². The number of carbonyl (C=O) groups is 2. The highest BCUT2D eigenvalue weighted by atomic mass is 16.2. The molecule has 0 aromatic heterocycles. The predicted octanol–water partition coefficient (Wildman–Crippen LogP) is -0.660. The van der Waals surface area contributed by atoms with E-state index in [-0.39, 0.29) is 12.5 Å². The van der Waals surface area contributed by atoms with Gasteiger partial charge in [-0.25, -0.2) is 0 Å². The number of imide groups is 1. The molecule has 2 amide bonds. The molecule has 58 valence electrons. The largest absolute Gasteiger partial charge is 0.322 e. The third kappa shape index (κ3) is 2.59. The Morgan fingerprint density at radius 2 is 2.30 bits per heavy atom. The number of carbonyl (C=O) groups excluding carboxylic acids is 2. The molecule has 0 radical (unpaired) electrons. The molecule has 0 bridgehead atoms. The second-order valence-electron chi connectivity index (χ2n) is 1.90. The molecule has 10 heavy (non-hydrogen) atoms. The SMILES string of the molecule is CCCN(C=O)C(=O)CN. The highest BCUT2D eigenvalue weighted by Crippen LogP contribution is 1.85. The molecule has 0 aliphatic carbocycles. The lowest BCUT2D eigenvalue weighted by Gasteiger charge is -2.11. The lowest BCUT2D eigenvalue weighted by atomic mass is 10.4. The molecule has 0 heterocycles. The van der Waals surface area contributed by atoms with Crippen LogP contribution in [0.4, 0.5) is 0 Å². The van der Waals surface area contributed by atoms with Gasteiger partial charge in [0, 0.05) is 6.54 Å². The molecule has 0 unspecified atom stereocenters. The number of nitrogens with two attached hydrogens (primary N) is 1. The minimum Gasteiger partial charge on any atom is -0.322 e. The van der Waals surface area contributed by atoms with Crippen molar-refractivity contribution in [3.05, 3.63) is 0 Å². The Bertz CT molecular complexity index is 125. The van der Waals surface area contributed by atoms with Crippen LogP contribution in [-0.4, -0.2) is 30.3 Å². The zero-order valence-corrected chi connectivity index (χ0v) is 6.04. The fourth-order valence-electron chi connectivity index (χ4n) is 0.594. The molecule has 0 aliphatic heterocycles. The fraction of sp³-hybridized carbons (Fsp3) is 0.667. The van der Waals surface area contributed by atoms with Crippen LogP contribution in [0.5, 0.6) is 0 Å². The standard InChI is InChI=1S/C6H12N2O2/c1-2-3-8(5-9)6(10)4-7/h5H,2-4,7H2,1H3. The van der Waals surface area contributed by atoms with Crippen molar-refractivity contribution in [1.29, 1.82) is 0 Å². The summed E-state index contributed by atoms with van der Waals surface area (Å²) in [7, 11) is 0. The van der Waals surface area contributed by atoms with Crippen LogP contribution in [0.15, 0.2) is 0 Å². The van der Waals surface area contributed by atoms with Crippen molar-refractivity contribution in [2.24, 2.45) is 5.73 Å². The van der Waals surface area contributed by atoms with Gasteiger partial charge in [0.25, 0.3) is 0 Å². The van der Waals surface area contributed by atoms with Gasteiger partial charge in [-0.3, -0.25) is 14.5 Å². The van der Waals surface area contributed by atoms with E-state index in [1.54, 1.807) is 0 Å². The van der Waals surface area contributed by atoms with E-state index in [0.717, 1.165) is 11.3 Å². The Morgan fingerprint density at radius 1 is 1.70 bits per heavy atom. The van der Waals surface area contributed by atoms with E-state index >= 15 is 0 Å². The second-order valence-corrected chi connectivity index (χ2v) is 1.90. The van der Waals surface area contributed by atoms with Gasteiger partial charge < -0.3 is 5.73 Å². The summed E-state index contributed by atoms with van der Waals surface area (Å²) < 4.78 is 0. The summed E-state index contributed by atoms with van der Waals surface area (Å²) in [6.45, 7) is 2.25. The van der Waals surface area contributed by atoms with E-state index in [9.17, 15) is 9.59 Å². The van der Waals surface area contributed by atoms with E-state index < -0.39 is 0 Å². The molecule has 0 aromatic rings. The lowest BCUT2D eigenvalue weighted by Crippen LogP contribution is -2.35. The predicted molar refractivity (Wildman–Crippen MR) is 37.1 cm³/mol. The molecule has 0 saturated heterocycles. The van der Waals surface area contributed by atoms with Gasteiger partial charge in [-0.2, -0.15) is 0 Å². The third-order valence-electron chi connectivity index (χ3n) is 1.09. The van der Waals surface area contributed by atoms with Gasteiger partial charge in [0.05, 0.1) is 6.54 Å². The van der Waals surface area contributed by atoms with Crippen LogP contribution in [0.1, 0.15) is 13.3 Å². The van der Waals surface area contributed by atoms with Gasteiger partial charge in [0.1, 0.15) is 0 Å². The number of rotatable bonds is 4. The van der Waals surface area contributed by atoms with Gasteiger partial charge >= 0.3 is 0 Å². The highest BCUT2D eigenvalue weighted by molar-refractivity contribution is 5.87. The molecule has 0 atom stereocenters. The molecular weight excluding hydrogens is 132 g/mol. The summed E-state index contributed by atoms with van der Waals surface area (Å²) in [6, 6.07) is 0. The summed E-state index contributed by atoms with van der Waals surface area (Å²) in [5, 5.41) is 0. The van der Waals surface area contributed by atoms with Crippen LogP contribution in [0.3, 0.4) is 0 Å². The summed E-state index contributed by atoms with van der Waals surface area (Å²) in [6.07, 6.45) is 1.28. The molecule has 0 rings (SSSR count). The third-order valence-corrected chi connectivity index (χ3v) is 1.09. The van der Waals surface area contributed by atoms with Crippen LogP contribution in [0, 0.1) is 0 Å². The number of hydrogen-bond acceptors (Lipinski definition) is 3. The second kappa shape index (κ2) is 4.93. The molecule has 0 saturated carbocycles. The first-order chi connectivity index (χ1) is 4.76. The first-order valence-electron chi connectivity index (χ1n) is 3.21. The smallest absolute Gasteiger partial charge is 0.242 e. The topological polar surface area (TPSA) is 63.4 Å². The van der Waals surface area contributed by atoms with Crippen LogP contribution >= 0.6 is 0 Å². The van der Waals surface area contributed by atoms with Crippen molar-refractivity contribution in [3.8, 4) is 0 Å². The average molecular weight is 144 g/mol. The zero-order chi connectivity index (χ0) is 7.98. The van der Waals surface area contributed by atoms with Crippen molar-refractivity contribution in [3.63, 3.8) is 0 Å². The number of amides is 2. The zero-order valence-electron chi connectivity index (χ0n) is 6.04. The quantitative estimate of drug-likeness (QED) is 0.533. The molecule has 2 N–H and O–H groups in total. The Labute approximate surface area is 60.0 Å². The summed E-state index contributed by atoms with van der Waals surface area (Å²) in [5.41, 5.74) is 5.03. The molecule has 4 nitrogen and oxygen atoms in total. The maximum atomic E-state index is 10.7. The minimum absolute atomic E-state index is 0.0985. The van der Waals surface area contributed by atoms with Crippen LogP contribution in [0.25, 0.3) is 0 Å². The van der Waals surface area contributed by atoms with Gasteiger partial charge in [-0.05, 0) is 6.42 Å². The average Bonchev–Trinajstić information content (AvgIpc) is 1.99. The van der Waals surface area contributed by atoms with Crippen molar-refractivity contribution in [2.45, 2.75) is 13.3 Å². The molecule has 0 fully saturated rings. The van der Waals surface area contributed by atoms with E-state index in [4.69, 9.17) is 5.73 Å². The normalized spacial score (nSPS) is 9.00. The molecule has 0 aromatic carbocycles. The van der Waals surface area contributed by atoms with E-state index in [1.165, 1.54) is 0 Å². The van der Waals surface area contributed by atoms with E-state index in [2.05, 4.69) is 0 Å². The summed E-state index contributed by atoms with van der Waals surface area (Å²) in [5.74, 6) is -0.322. The first-order valence-corrected chi connectivity index (χ1v) is 3.21. The van der Waals surface area contributed by atoms with Crippen LogP contribution in [-0.2, 0) is 9.59 Å². The Morgan fingerprint density at radius 3 is 2.60 bits per heavy atom. The van der Waals surface area contributed by atoms with E-state index in [0.29, 0.717) is 13.0 Å². The van der Waals surface area contributed by atoms with Crippen molar-refractivity contribution in [2.75, 3.05) is 13.1 Å².